The standard InChI is InChI=1S/C9H19N/c1-4-6-8-9(7-5-2)10(8)3/h8-9H,4-7H2,1-3H3. The molecule has 1 aliphatic rings. The molecule has 2 atom stereocenters. The van der Waals surface area contributed by atoms with Crippen molar-refractivity contribution in [1.29, 1.82) is 0 Å². The summed E-state index contributed by atoms with van der Waals surface area (Å²) >= 11 is 0. The molecule has 0 aromatic heterocycles. The van der Waals surface area contributed by atoms with Crippen molar-refractivity contribution in [3.05, 3.63) is 0 Å². The third-order valence-electron chi connectivity index (χ3n) is 2.57. The van der Waals surface area contributed by atoms with E-state index in [2.05, 4.69) is 25.8 Å². The Labute approximate surface area is 64.4 Å². The van der Waals surface area contributed by atoms with E-state index in [0.717, 1.165) is 12.1 Å². The summed E-state index contributed by atoms with van der Waals surface area (Å²) in [5.74, 6) is 0. The normalized spacial score (nSPS) is 38.1. The number of likely N-dealkylation sites (N-methyl/N-ethyl adjacent to an activating group) is 1. The van der Waals surface area contributed by atoms with E-state index in [4.69, 9.17) is 0 Å². The molecule has 0 aromatic rings. The molecule has 0 spiro atoms. The number of rotatable bonds is 4. The Balaban J connectivity index is 2.14. The van der Waals surface area contributed by atoms with Crippen LogP contribution >= 0.6 is 0 Å². The number of hydrogen-bond donors (Lipinski definition) is 0. The minimum Gasteiger partial charge on any atom is -0.297 e. The van der Waals surface area contributed by atoms with Gasteiger partial charge in [0, 0.05) is 12.1 Å². The molecule has 0 aliphatic carbocycles. The maximum atomic E-state index is 2.51. The number of hydrogen-bond acceptors (Lipinski definition) is 1. The van der Waals surface area contributed by atoms with Gasteiger partial charge in [-0.25, -0.2) is 0 Å². The van der Waals surface area contributed by atoms with Gasteiger partial charge in [-0.1, -0.05) is 26.7 Å². The summed E-state index contributed by atoms with van der Waals surface area (Å²) in [7, 11) is 2.25. The van der Waals surface area contributed by atoms with Gasteiger partial charge in [0.05, 0.1) is 0 Å². The maximum Gasteiger partial charge on any atom is 0.0252 e. The monoisotopic (exact) mass is 141 g/mol. The summed E-state index contributed by atoms with van der Waals surface area (Å²) in [6, 6.07) is 1.87. The first-order valence-corrected chi connectivity index (χ1v) is 4.53. The molecule has 1 heterocycles. The van der Waals surface area contributed by atoms with E-state index in [9.17, 15) is 0 Å². The summed E-state index contributed by atoms with van der Waals surface area (Å²) in [5, 5.41) is 0. The lowest BCUT2D eigenvalue weighted by Crippen LogP contribution is -1.91. The molecule has 1 heteroatoms. The smallest absolute Gasteiger partial charge is 0.0252 e. The Hall–Kier alpha value is -0.0400. The van der Waals surface area contributed by atoms with Gasteiger partial charge in [-0.15, -0.1) is 0 Å². The van der Waals surface area contributed by atoms with Crippen LogP contribution < -0.4 is 0 Å². The molecule has 1 fully saturated rings. The van der Waals surface area contributed by atoms with Crippen LogP contribution in [0.25, 0.3) is 0 Å². The average molecular weight is 141 g/mol. The molecule has 1 nitrogen and oxygen atoms in total. The fraction of sp³-hybridized carbons (Fsp3) is 1.00. The summed E-state index contributed by atoms with van der Waals surface area (Å²) in [4.78, 5) is 2.51. The van der Waals surface area contributed by atoms with E-state index in [1.54, 1.807) is 0 Å². The zero-order valence-corrected chi connectivity index (χ0v) is 7.43. The fourth-order valence-electron chi connectivity index (χ4n) is 1.86. The van der Waals surface area contributed by atoms with Crippen molar-refractivity contribution in [2.24, 2.45) is 0 Å². The number of nitrogens with zero attached hydrogens (tertiary/aromatic N) is 1. The second-order valence-corrected chi connectivity index (χ2v) is 3.38. The first kappa shape index (κ1) is 8.06. The third kappa shape index (κ3) is 1.51. The van der Waals surface area contributed by atoms with Gasteiger partial charge in [-0.3, -0.25) is 4.90 Å². The molecule has 0 amide bonds. The molecule has 0 bridgehead atoms. The molecule has 0 aromatic carbocycles. The van der Waals surface area contributed by atoms with Gasteiger partial charge in [0.25, 0.3) is 0 Å². The van der Waals surface area contributed by atoms with Crippen molar-refractivity contribution >= 4 is 0 Å². The van der Waals surface area contributed by atoms with Crippen molar-refractivity contribution in [2.45, 2.75) is 51.6 Å². The first-order valence-electron chi connectivity index (χ1n) is 4.53. The lowest BCUT2D eigenvalue weighted by atomic mass is 10.1. The van der Waals surface area contributed by atoms with E-state index < -0.39 is 0 Å². The van der Waals surface area contributed by atoms with E-state index in [-0.39, 0.29) is 0 Å². The fourth-order valence-corrected chi connectivity index (χ4v) is 1.86. The summed E-state index contributed by atoms with van der Waals surface area (Å²) in [6.07, 6.45) is 5.49. The quantitative estimate of drug-likeness (QED) is 0.543. The minimum atomic E-state index is 0.935. The van der Waals surface area contributed by atoms with Crippen LogP contribution in [0, 0.1) is 0 Å². The van der Waals surface area contributed by atoms with Crippen LogP contribution in [0.2, 0.25) is 0 Å². The summed E-state index contributed by atoms with van der Waals surface area (Å²) < 4.78 is 0. The Bertz CT molecular complexity index is 88.9. The zero-order chi connectivity index (χ0) is 7.56. The maximum absolute atomic E-state index is 2.51. The van der Waals surface area contributed by atoms with Crippen molar-refractivity contribution in [3.63, 3.8) is 0 Å². The van der Waals surface area contributed by atoms with Gasteiger partial charge in [-0.05, 0) is 19.9 Å². The predicted molar refractivity (Wildman–Crippen MR) is 45.2 cm³/mol. The van der Waals surface area contributed by atoms with Gasteiger partial charge in [0.15, 0.2) is 0 Å². The van der Waals surface area contributed by atoms with E-state index in [0.29, 0.717) is 0 Å². The Morgan fingerprint density at radius 2 is 1.40 bits per heavy atom. The van der Waals surface area contributed by atoms with E-state index in [1.807, 2.05) is 0 Å². The van der Waals surface area contributed by atoms with Crippen LogP contribution in [0.15, 0.2) is 0 Å². The van der Waals surface area contributed by atoms with Crippen LogP contribution in [0.5, 0.6) is 0 Å². The van der Waals surface area contributed by atoms with E-state index in [1.165, 1.54) is 25.7 Å². The highest BCUT2D eigenvalue weighted by atomic mass is 15.3. The van der Waals surface area contributed by atoms with Gasteiger partial charge in [-0.2, -0.15) is 0 Å². The Kier molecular flexibility index (Phi) is 2.72. The molecule has 1 aliphatic heterocycles. The Morgan fingerprint density at radius 1 is 1.00 bits per heavy atom. The minimum absolute atomic E-state index is 0.935. The molecule has 60 valence electrons. The molecular formula is C9H19N. The molecule has 1 rings (SSSR count). The molecule has 2 unspecified atom stereocenters. The second-order valence-electron chi connectivity index (χ2n) is 3.38. The molecule has 0 radical (unpaired) electrons. The van der Waals surface area contributed by atoms with Gasteiger partial charge in [0.1, 0.15) is 0 Å². The third-order valence-corrected chi connectivity index (χ3v) is 2.57. The SMILES string of the molecule is CCCC1C(CCC)N1C. The largest absolute Gasteiger partial charge is 0.297 e. The van der Waals surface area contributed by atoms with Crippen LogP contribution in [-0.4, -0.2) is 24.0 Å². The zero-order valence-electron chi connectivity index (χ0n) is 7.43. The highest BCUT2D eigenvalue weighted by Crippen LogP contribution is 2.32. The molecule has 0 N–H and O–H groups in total. The van der Waals surface area contributed by atoms with Gasteiger partial charge >= 0.3 is 0 Å². The predicted octanol–water partition coefficient (Wildman–Crippen LogP) is 2.27. The topological polar surface area (TPSA) is 3.01 Å². The average Bonchev–Trinajstić information content (AvgIpc) is 2.48. The van der Waals surface area contributed by atoms with Crippen molar-refractivity contribution < 1.29 is 0 Å². The lowest BCUT2D eigenvalue weighted by molar-refractivity contribution is 0.549. The summed E-state index contributed by atoms with van der Waals surface area (Å²) in [5.41, 5.74) is 0. The van der Waals surface area contributed by atoms with E-state index >= 15 is 0 Å². The van der Waals surface area contributed by atoms with Gasteiger partial charge in [0.2, 0.25) is 0 Å². The highest BCUT2D eigenvalue weighted by Gasteiger charge is 2.41. The second kappa shape index (κ2) is 3.38. The molecule has 0 saturated carbocycles. The molecule has 10 heavy (non-hydrogen) atoms. The highest BCUT2D eigenvalue weighted by molar-refractivity contribution is 4.98. The van der Waals surface area contributed by atoms with Gasteiger partial charge < -0.3 is 0 Å². The van der Waals surface area contributed by atoms with Crippen LogP contribution in [0.3, 0.4) is 0 Å². The molecule has 1 saturated heterocycles. The van der Waals surface area contributed by atoms with Crippen LogP contribution in [0.4, 0.5) is 0 Å². The van der Waals surface area contributed by atoms with Crippen LogP contribution in [-0.2, 0) is 0 Å². The first-order chi connectivity index (χ1) is 4.81. The van der Waals surface area contributed by atoms with Crippen molar-refractivity contribution in [3.8, 4) is 0 Å². The Morgan fingerprint density at radius 3 is 1.70 bits per heavy atom. The van der Waals surface area contributed by atoms with Crippen molar-refractivity contribution in [2.75, 3.05) is 7.05 Å². The lowest BCUT2D eigenvalue weighted by Gasteiger charge is -1.89. The van der Waals surface area contributed by atoms with Crippen LogP contribution in [0.1, 0.15) is 39.5 Å². The molecular weight excluding hydrogens is 122 g/mol. The summed E-state index contributed by atoms with van der Waals surface area (Å²) in [6.45, 7) is 4.55. The van der Waals surface area contributed by atoms with Crippen molar-refractivity contribution in [1.82, 2.24) is 4.90 Å².